The molecule has 180 valence electrons. The minimum absolute atomic E-state index is 0.0516. The van der Waals surface area contributed by atoms with Gasteiger partial charge in [-0.2, -0.15) is 5.10 Å². The van der Waals surface area contributed by atoms with Crippen molar-refractivity contribution in [2.24, 2.45) is 17.8 Å². The maximum Gasteiger partial charge on any atom is 0.264 e. The van der Waals surface area contributed by atoms with Crippen molar-refractivity contribution in [3.8, 4) is 5.69 Å². The highest BCUT2D eigenvalue weighted by atomic mass is 35.5. The summed E-state index contributed by atoms with van der Waals surface area (Å²) < 4.78 is 3.17. The van der Waals surface area contributed by atoms with E-state index in [0.29, 0.717) is 16.2 Å². The number of hydrogen-bond acceptors (Lipinski definition) is 5. The van der Waals surface area contributed by atoms with Gasteiger partial charge in [0.25, 0.3) is 11.5 Å². The molecule has 0 unspecified atom stereocenters. The number of benzene rings is 2. The number of primary amides is 1. The molecule has 0 fully saturated rings. The third-order valence-corrected chi connectivity index (χ3v) is 5.70. The van der Waals surface area contributed by atoms with E-state index in [4.69, 9.17) is 23.1 Å². The van der Waals surface area contributed by atoms with Gasteiger partial charge < -0.3 is 11.5 Å². The molecule has 0 radical (unpaired) electrons. The Morgan fingerprint density at radius 2 is 1.94 bits per heavy atom. The number of pyridine rings is 1. The van der Waals surface area contributed by atoms with Gasteiger partial charge in [-0.1, -0.05) is 61.5 Å². The minimum atomic E-state index is -0.646. The van der Waals surface area contributed by atoms with Gasteiger partial charge in [-0.15, -0.1) is 0 Å². The summed E-state index contributed by atoms with van der Waals surface area (Å²) in [5, 5.41) is 5.81. The highest BCUT2D eigenvalue weighted by Gasteiger charge is 2.17. The average molecular weight is 491 g/mol. The van der Waals surface area contributed by atoms with Crippen LogP contribution in [0.2, 0.25) is 5.02 Å². The smallest absolute Gasteiger partial charge is 0.264 e. The lowest BCUT2D eigenvalue weighted by Gasteiger charge is -2.16. The fourth-order valence-electron chi connectivity index (χ4n) is 3.75. The highest BCUT2D eigenvalue weighted by Crippen LogP contribution is 2.24. The highest BCUT2D eigenvalue weighted by molar-refractivity contribution is 6.35. The predicted molar refractivity (Wildman–Crippen MR) is 143 cm³/mol. The SMILES string of the molecule is C=C/C=N\c1c(C(N)=O)c(N)nn1C.CCc1cc2cccc(Cl)c2c(=O)n1-c1ccccc1C. The number of nitrogens with zero attached hydrogens (tertiary/aromatic N) is 4. The van der Waals surface area contributed by atoms with Gasteiger partial charge in [0.15, 0.2) is 11.6 Å². The van der Waals surface area contributed by atoms with E-state index in [1.807, 2.05) is 43.3 Å². The Hall–Kier alpha value is -4.17. The van der Waals surface area contributed by atoms with Gasteiger partial charge in [-0.3, -0.25) is 14.2 Å². The molecular weight excluding hydrogens is 464 g/mol. The van der Waals surface area contributed by atoms with Crippen molar-refractivity contribution in [2.45, 2.75) is 20.3 Å². The van der Waals surface area contributed by atoms with E-state index in [1.54, 1.807) is 17.7 Å². The molecule has 0 saturated heterocycles. The van der Waals surface area contributed by atoms with Crippen molar-refractivity contribution < 1.29 is 4.79 Å². The van der Waals surface area contributed by atoms with Crippen LogP contribution in [0.25, 0.3) is 16.5 Å². The van der Waals surface area contributed by atoms with Gasteiger partial charge in [0.2, 0.25) is 0 Å². The second kappa shape index (κ2) is 10.8. The number of carbonyl (C=O) groups is 1. The van der Waals surface area contributed by atoms with Gasteiger partial charge in [0.1, 0.15) is 5.56 Å². The molecule has 2 heterocycles. The van der Waals surface area contributed by atoms with E-state index in [-0.39, 0.29) is 16.9 Å². The number of fused-ring (bicyclic) bond motifs is 1. The average Bonchev–Trinajstić information content (AvgIpc) is 3.11. The molecule has 2 aromatic heterocycles. The number of anilines is 1. The van der Waals surface area contributed by atoms with Crippen LogP contribution in [0.5, 0.6) is 0 Å². The third-order valence-electron chi connectivity index (χ3n) is 5.38. The zero-order valence-electron chi connectivity index (χ0n) is 19.8. The largest absolute Gasteiger partial charge is 0.381 e. The van der Waals surface area contributed by atoms with Crippen LogP contribution in [-0.2, 0) is 13.5 Å². The molecule has 0 aliphatic rings. The van der Waals surface area contributed by atoms with Gasteiger partial charge >= 0.3 is 0 Å². The Balaban J connectivity index is 0.000000214. The monoisotopic (exact) mass is 490 g/mol. The topological polar surface area (TPSA) is 121 Å². The summed E-state index contributed by atoms with van der Waals surface area (Å²) in [6, 6.07) is 15.5. The number of hydrogen-bond donors (Lipinski definition) is 2. The van der Waals surface area contributed by atoms with Crippen molar-refractivity contribution in [2.75, 3.05) is 5.73 Å². The predicted octanol–water partition coefficient (Wildman–Crippen LogP) is 4.50. The molecule has 4 rings (SSSR count). The Morgan fingerprint density at radius 3 is 2.57 bits per heavy atom. The van der Waals surface area contributed by atoms with E-state index in [0.717, 1.165) is 28.8 Å². The first-order chi connectivity index (χ1) is 16.7. The number of carbonyl (C=O) groups excluding carboxylic acids is 1. The van der Waals surface area contributed by atoms with Crippen LogP contribution in [0.4, 0.5) is 11.6 Å². The number of para-hydroxylation sites is 1. The van der Waals surface area contributed by atoms with E-state index >= 15 is 0 Å². The third kappa shape index (κ3) is 5.17. The number of amides is 1. The summed E-state index contributed by atoms with van der Waals surface area (Å²) in [6.07, 6.45) is 3.70. The standard InChI is InChI=1S/C18H16ClNO.C8H11N5O/c1-3-14-11-13-8-6-9-15(19)17(13)18(21)20(14)16-10-5-4-7-12(16)2;1-3-4-11-8-5(7(10)14)6(9)12-13(8)2/h4-11H,3H2,1-2H3;3-4H,1H2,2H3,(H2,9,12)(H2,10,14)/b;11-4-. The van der Waals surface area contributed by atoms with Crippen LogP contribution >= 0.6 is 11.6 Å². The zero-order chi connectivity index (χ0) is 25.7. The quantitative estimate of drug-likeness (QED) is 0.400. The molecule has 0 atom stereocenters. The maximum atomic E-state index is 13.0. The number of nitrogens with two attached hydrogens (primary N) is 2. The van der Waals surface area contributed by atoms with E-state index in [2.05, 4.69) is 29.7 Å². The fraction of sp³-hybridized carbons (Fsp3) is 0.154. The van der Waals surface area contributed by atoms with Gasteiger partial charge in [0.05, 0.1) is 16.1 Å². The van der Waals surface area contributed by atoms with Crippen molar-refractivity contribution >= 4 is 46.1 Å². The van der Waals surface area contributed by atoms with Crippen LogP contribution < -0.4 is 17.0 Å². The Labute approximate surface area is 208 Å². The van der Waals surface area contributed by atoms with Crippen LogP contribution in [0.3, 0.4) is 0 Å². The molecule has 8 nitrogen and oxygen atoms in total. The molecule has 0 spiro atoms. The number of aromatic nitrogens is 3. The Bertz CT molecular complexity index is 1500. The Morgan fingerprint density at radius 1 is 1.23 bits per heavy atom. The minimum Gasteiger partial charge on any atom is -0.381 e. The molecule has 0 aliphatic carbocycles. The number of aliphatic imine (C=N–C) groups is 1. The number of allylic oxidation sites excluding steroid dienone is 1. The summed E-state index contributed by atoms with van der Waals surface area (Å²) in [7, 11) is 1.62. The molecule has 4 N–H and O–H groups in total. The lowest BCUT2D eigenvalue weighted by molar-refractivity contribution is 0.100. The first-order valence-corrected chi connectivity index (χ1v) is 11.3. The van der Waals surface area contributed by atoms with Crippen molar-refractivity contribution in [1.29, 1.82) is 0 Å². The van der Waals surface area contributed by atoms with E-state index < -0.39 is 5.91 Å². The van der Waals surface area contributed by atoms with Crippen molar-refractivity contribution in [3.05, 3.63) is 93.4 Å². The summed E-state index contributed by atoms with van der Waals surface area (Å²) >= 11 is 6.24. The number of halogens is 1. The lowest BCUT2D eigenvalue weighted by atomic mass is 10.1. The molecule has 9 heteroatoms. The molecule has 2 aromatic carbocycles. The van der Waals surface area contributed by atoms with Crippen LogP contribution in [0, 0.1) is 6.92 Å². The van der Waals surface area contributed by atoms with Crippen molar-refractivity contribution in [1.82, 2.24) is 14.3 Å². The Kier molecular flexibility index (Phi) is 7.88. The summed E-state index contributed by atoms with van der Waals surface area (Å²) in [6.45, 7) is 7.53. The first-order valence-electron chi connectivity index (χ1n) is 10.9. The molecule has 0 saturated carbocycles. The molecule has 0 aliphatic heterocycles. The molecule has 0 bridgehead atoms. The second-order valence-corrected chi connectivity index (χ2v) is 8.11. The fourth-order valence-corrected chi connectivity index (χ4v) is 4.02. The van der Waals surface area contributed by atoms with Gasteiger partial charge in [-0.25, -0.2) is 9.67 Å². The van der Waals surface area contributed by atoms with E-state index in [9.17, 15) is 9.59 Å². The number of nitrogen functional groups attached to an aromatic ring is 1. The second-order valence-electron chi connectivity index (χ2n) is 7.71. The lowest BCUT2D eigenvalue weighted by Crippen LogP contribution is -2.22. The maximum absolute atomic E-state index is 13.0. The normalized spacial score (nSPS) is 10.9. The summed E-state index contributed by atoms with van der Waals surface area (Å²) in [4.78, 5) is 27.9. The zero-order valence-corrected chi connectivity index (χ0v) is 20.6. The number of aryl methyl sites for hydroxylation is 3. The van der Waals surface area contributed by atoms with Crippen molar-refractivity contribution in [3.63, 3.8) is 0 Å². The molecule has 35 heavy (non-hydrogen) atoms. The summed E-state index contributed by atoms with van der Waals surface area (Å²) in [5.41, 5.74) is 13.7. The van der Waals surface area contributed by atoms with Crippen LogP contribution in [0.1, 0.15) is 28.5 Å². The van der Waals surface area contributed by atoms with Gasteiger partial charge in [0, 0.05) is 19.0 Å². The first kappa shape index (κ1) is 25.5. The van der Waals surface area contributed by atoms with Crippen LogP contribution in [-0.4, -0.2) is 26.5 Å². The van der Waals surface area contributed by atoms with Gasteiger partial charge in [-0.05, 0) is 42.5 Å². The molecule has 1 amide bonds. The summed E-state index contributed by atoms with van der Waals surface area (Å²) in [5.74, 6) is -0.238. The van der Waals surface area contributed by atoms with Crippen LogP contribution in [0.15, 0.2) is 71.0 Å². The number of rotatable bonds is 5. The molecule has 4 aromatic rings. The molecular formula is C26H27ClN6O2. The van der Waals surface area contributed by atoms with E-state index in [1.165, 1.54) is 17.0 Å².